The maximum Gasteiger partial charge on any atom is 0.319 e. The van der Waals surface area contributed by atoms with E-state index in [0.717, 1.165) is 30.5 Å². The molecule has 0 spiro atoms. The summed E-state index contributed by atoms with van der Waals surface area (Å²) in [6.45, 7) is 0.0154. The van der Waals surface area contributed by atoms with Crippen molar-refractivity contribution in [1.29, 1.82) is 0 Å². The van der Waals surface area contributed by atoms with Crippen LogP contribution >= 0.6 is 0 Å². The highest BCUT2D eigenvalue weighted by Crippen LogP contribution is 2.28. The van der Waals surface area contributed by atoms with E-state index in [-0.39, 0.29) is 24.4 Å². The predicted molar refractivity (Wildman–Crippen MR) is 85.7 cm³/mol. The number of hydrogen-bond donors (Lipinski definition) is 3. The molecule has 4 N–H and O–H groups in total. The Morgan fingerprint density at radius 3 is 2.79 bits per heavy atom. The van der Waals surface area contributed by atoms with Gasteiger partial charge in [-0.1, -0.05) is 0 Å². The number of hydrogen-bond acceptors (Lipinski definition) is 3. The zero-order valence-electron chi connectivity index (χ0n) is 13.0. The van der Waals surface area contributed by atoms with Gasteiger partial charge in [0.05, 0.1) is 11.7 Å². The fourth-order valence-corrected chi connectivity index (χ4v) is 2.84. The number of benzene rings is 1. The Balaban J connectivity index is 1.67. The van der Waals surface area contributed by atoms with Gasteiger partial charge in [-0.05, 0) is 49.1 Å². The Morgan fingerprint density at radius 2 is 2.08 bits per heavy atom. The van der Waals surface area contributed by atoms with E-state index in [4.69, 9.17) is 5.73 Å². The maximum atomic E-state index is 12.9. The van der Waals surface area contributed by atoms with E-state index in [9.17, 15) is 14.0 Å². The number of urea groups is 1. The Bertz CT molecular complexity index is 756. The summed E-state index contributed by atoms with van der Waals surface area (Å²) < 4.78 is 14.4. The number of rotatable bonds is 4. The standard InChI is InChI=1S/C16H18FN5O2/c17-11-4-6-12(7-5-11)19-16(24)20-13-3-1-2-10-8-22(9-14(18)23)21-15(10)13/h4-8,13H,1-3,9H2,(H2,18,23)(H2,19,20,24)/t13-/m1/s1. The van der Waals surface area contributed by atoms with E-state index >= 15 is 0 Å². The lowest BCUT2D eigenvalue weighted by Gasteiger charge is -2.22. The highest BCUT2D eigenvalue weighted by atomic mass is 19.1. The average Bonchev–Trinajstić information content (AvgIpc) is 2.92. The van der Waals surface area contributed by atoms with Crippen LogP contribution < -0.4 is 16.4 Å². The number of fused-ring (bicyclic) bond motifs is 1. The van der Waals surface area contributed by atoms with Crippen molar-refractivity contribution in [2.24, 2.45) is 5.73 Å². The second-order valence-corrected chi connectivity index (χ2v) is 5.75. The summed E-state index contributed by atoms with van der Waals surface area (Å²) in [4.78, 5) is 23.2. The minimum absolute atomic E-state index is 0.0154. The van der Waals surface area contributed by atoms with Crippen LogP contribution in [-0.2, 0) is 17.8 Å². The topological polar surface area (TPSA) is 102 Å². The molecule has 8 heteroatoms. The number of primary amides is 1. The first-order chi connectivity index (χ1) is 11.5. The summed E-state index contributed by atoms with van der Waals surface area (Å²) >= 11 is 0. The molecule has 0 fully saturated rings. The molecule has 7 nitrogen and oxygen atoms in total. The van der Waals surface area contributed by atoms with Gasteiger partial charge < -0.3 is 16.4 Å². The van der Waals surface area contributed by atoms with Crippen LogP contribution in [0.3, 0.4) is 0 Å². The molecule has 1 heterocycles. The molecule has 1 aromatic carbocycles. The Morgan fingerprint density at radius 1 is 1.33 bits per heavy atom. The van der Waals surface area contributed by atoms with Crippen LogP contribution in [0.15, 0.2) is 30.5 Å². The van der Waals surface area contributed by atoms with E-state index in [1.165, 1.54) is 28.9 Å². The highest BCUT2D eigenvalue weighted by molar-refractivity contribution is 5.89. The fraction of sp³-hybridized carbons (Fsp3) is 0.312. The van der Waals surface area contributed by atoms with Gasteiger partial charge >= 0.3 is 6.03 Å². The minimum atomic E-state index is -0.464. The zero-order valence-corrected chi connectivity index (χ0v) is 13.0. The first-order valence-corrected chi connectivity index (χ1v) is 7.69. The fourth-order valence-electron chi connectivity index (χ4n) is 2.84. The third-order valence-electron chi connectivity index (χ3n) is 3.86. The lowest BCUT2D eigenvalue weighted by Crippen LogP contribution is -2.34. The van der Waals surface area contributed by atoms with E-state index in [1.54, 1.807) is 6.20 Å². The number of amides is 3. The summed E-state index contributed by atoms with van der Waals surface area (Å²) in [5.74, 6) is -0.828. The molecule has 126 valence electrons. The van der Waals surface area contributed by atoms with Crippen LogP contribution in [0.2, 0.25) is 0 Å². The number of halogens is 1. The van der Waals surface area contributed by atoms with Crippen LogP contribution in [0.1, 0.15) is 30.1 Å². The molecule has 2 aromatic rings. The van der Waals surface area contributed by atoms with Crippen LogP contribution in [-0.4, -0.2) is 21.7 Å². The second kappa shape index (κ2) is 6.69. The molecule has 0 saturated heterocycles. The second-order valence-electron chi connectivity index (χ2n) is 5.75. The molecule has 1 atom stereocenters. The molecule has 0 aliphatic heterocycles. The lowest BCUT2D eigenvalue weighted by molar-refractivity contribution is -0.118. The SMILES string of the molecule is NC(=O)Cn1cc2c(n1)[C@H](NC(=O)Nc1ccc(F)cc1)CCC2. The summed E-state index contributed by atoms with van der Waals surface area (Å²) in [6, 6.07) is 4.91. The molecule has 24 heavy (non-hydrogen) atoms. The molecule has 3 rings (SSSR count). The molecule has 0 radical (unpaired) electrons. The van der Waals surface area contributed by atoms with Crippen molar-refractivity contribution in [3.05, 3.63) is 47.5 Å². The Labute approximate surface area is 138 Å². The Hall–Kier alpha value is -2.90. The molecule has 1 aromatic heterocycles. The predicted octanol–water partition coefficient (Wildman–Crippen LogP) is 1.71. The molecule has 0 bridgehead atoms. The van der Waals surface area contributed by atoms with E-state index in [1.807, 2.05) is 0 Å². The highest BCUT2D eigenvalue weighted by Gasteiger charge is 2.25. The van der Waals surface area contributed by atoms with Gasteiger partial charge in [-0.3, -0.25) is 9.48 Å². The van der Waals surface area contributed by atoms with Crippen molar-refractivity contribution >= 4 is 17.6 Å². The van der Waals surface area contributed by atoms with Crippen LogP contribution in [0.4, 0.5) is 14.9 Å². The van der Waals surface area contributed by atoms with E-state index in [2.05, 4.69) is 15.7 Å². The van der Waals surface area contributed by atoms with Gasteiger partial charge in [0.2, 0.25) is 5.91 Å². The number of nitrogens with zero attached hydrogens (tertiary/aromatic N) is 2. The molecule has 3 amide bonds. The Kier molecular flexibility index (Phi) is 4.45. The molecule has 0 saturated carbocycles. The largest absolute Gasteiger partial charge is 0.368 e. The monoisotopic (exact) mass is 331 g/mol. The summed E-state index contributed by atoms with van der Waals surface area (Å²) in [5, 5.41) is 9.90. The smallest absolute Gasteiger partial charge is 0.319 e. The molecule has 1 aliphatic carbocycles. The number of nitrogens with two attached hydrogens (primary N) is 1. The number of aromatic nitrogens is 2. The van der Waals surface area contributed by atoms with Crippen molar-refractivity contribution in [2.75, 3.05) is 5.32 Å². The summed E-state index contributed by atoms with van der Waals surface area (Å²) in [5.41, 5.74) is 7.46. The zero-order chi connectivity index (χ0) is 17.1. The third-order valence-corrected chi connectivity index (χ3v) is 3.86. The quantitative estimate of drug-likeness (QED) is 0.794. The van der Waals surface area contributed by atoms with Gasteiger partial charge in [-0.2, -0.15) is 5.10 Å². The number of aryl methyl sites for hydroxylation is 1. The van der Waals surface area contributed by atoms with Gasteiger partial charge in [0.25, 0.3) is 0 Å². The molecule has 0 unspecified atom stereocenters. The first kappa shape index (κ1) is 16.0. The van der Waals surface area contributed by atoms with Crippen molar-refractivity contribution in [3.8, 4) is 0 Å². The van der Waals surface area contributed by atoms with Gasteiger partial charge in [-0.15, -0.1) is 0 Å². The third kappa shape index (κ3) is 3.70. The number of carbonyl (C=O) groups is 2. The molecular weight excluding hydrogens is 313 g/mol. The minimum Gasteiger partial charge on any atom is -0.368 e. The molecule has 1 aliphatic rings. The normalized spacial score (nSPS) is 16.3. The first-order valence-electron chi connectivity index (χ1n) is 7.69. The van der Waals surface area contributed by atoms with Crippen molar-refractivity contribution in [2.45, 2.75) is 31.8 Å². The number of carbonyl (C=O) groups excluding carboxylic acids is 2. The maximum absolute atomic E-state index is 12.9. The van der Waals surface area contributed by atoms with E-state index < -0.39 is 5.91 Å². The summed E-state index contributed by atoms with van der Waals surface area (Å²) in [6.07, 6.45) is 4.33. The number of nitrogens with one attached hydrogen (secondary N) is 2. The molecular formula is C16H18FN5O2. The number of anilines is 1. The lowest BCUT2D eigenvalue weighted by atomic mass is 9.94. The summed E-state index contributed by atoms with van der Waals surface area (Å²) in [7, 11) is 0. The van der Waals surface area contributed by atoms with Crippen molar-refractivity contribution in [3.63, 3.8) is 0 Å². The van der Waals surface area contributed by atoms with Crippen molar-refractivity contribution < 1.29 is 14.0 Å². The van der Waals surface area contributed by atoms with Gasteiger partial charge in [-0.25, -0.2) is 9.18 Å². The van der Waals surface area contributed by atoms with E-state index in [0.29, 0.717) is 5.69 Å². The van der Waals surface area contributed by atoms with Gasteiger partial charge in [0.15, 0.2) is 0 Å². The van der Waals surface area contributed by atoms with Crippen molar-refractivity contribution in [1.82, 2.24) is 15.1 Å². The van der Waals surface area contributed by atoms with Gasteiger partial charge in [0.1, 0.15) is 12.4 Å². The van der Waals surface area contributed by atoms with Crippen LogP contribution in [0.5, 0.6) is 0 Å². The van der Waals surface area contributed by atoms with Crippen LogP contribution in [0.25, 0.3) is 0 Å². The van der Waals surface area contributed by atoms with Gasteiger partial charge in [0, 0.05) is 11.9 Å². The van der Waals surface area contributed by atoms with Crippen LogP contribution in [0, 0.1) is 5.82 Å². The average molecular weight is 331 g/mol.